The molecule has 3 heterocycles. The van der Waals surface area contributed by atoms with Crippen LogP contribution in [0.15, 0.2) is 41.5 Å². The summed E-state index contributed by atoms with van der Waals surface area (Å²) in [5, 5.41) is 0.597. The van der Waals surface area contributed by atoms with Gasteiger partial charge in [-0.15, -0.1) is 0 Å². The molecule has 1 aliphatic rings. The van der Waals surface area contributed by atoms with Crippen molar-refractivity contribution in [3.8, 4) is 0 Å². The number of aromatic amines is 1. The Labute approximate surface area is 163 Å². The van der Waals surface area contributed by atoms with Crippen molar-refractivity contribution in [2.45, 2.75) is 39.2 Å². The lowest BCUT2D eigenvalue weighted by Crippen LogP contribution is -2.43. The lowest BCUT2D eigenvalue weighted by Gasteiger charge is -2.34. The average Bonchev–Trinajstić information content (AvgIpc) is 3.12. The number of benzene rings is 1. The maximum atomic E-state index is 13.0. The molecular formula is C21H25N5O2. The van der Waals surface area contributed by atoms with Gasteiger partial charge in [0.05, 0.1) is 16.8 Å². The number of H-pyrrole nitrogens is 1. The minimum absolute atomic E-state index is 0.0530. The quantitative estimate of drug-likeness (QED) is 0.755. The second-order valence-electron chi connectivity index (χ2n) is 7.62. The lowest BCUT2D eigenvalue weighted by molar-refractivity contribution is -0.136. The van der Waals surface area contributed by atoms with Crippen LogP contribution in [0.1, 0.15) is 37.3 Å². The van der Waals surface area contributed by atoms with E-state index in [1.54, 1.807) is 12.3 Å². The number of imidazole rings is 1. The minimum atomic E-state index is -0.129. The highest BCUT2D eigenvalue weighted by atomic mass is 16.2. The summed E-state index contributed by atoms with van der Waals surface area (Å²) in [7, 11) is 0. The number of fused-ring (bicyclic) bond motifs is 1. The highest BCUT2D eigenvalue weighted by Gasteiger charge is 2.29. The smallest absolute Gasteiger partial charge is 0.258 e. The van der Waals surface area contributed by atoms with Gasteiger partial charge >= 0.3 is 0 Å². The molecule has 4 rings (SSSR count). The number of rotatable bonds is 4. The van der Waals surface area contributed by atoms with E-state index in [9.17, 15) is 9.59 Å². The van der Waals surface area contributed by atoms with E-state index in [0.29, 0.717) is 29.8 Å². The number of nitrogens with one attached hydrogen (secondary N) is 1. The molecule has 2 aromatic heterocycles. The zero-order chi connectivity index (χ0) is 19.7. The molecule has 1 amide bonds. The van der Waals surface area contributed by atoms with Crippen LogP contribution in [0.3, 0.4) is 0 Å². The third-order valence-electron chi connectivity index (χ3n) is 5.57. The number of para-hydroxylation sites is 1. The second-order valence-corrected chi connectivity index (χ2v) is 7.62. The van der Waals surface area contributed by atoms with Crippen LogP contribution in [0, 0.1) is 12.8 Å². The normalized spacial score (nSPS) is 18.4. The van der Waals surface area contributed by atoms with Crippen molar-refractivity contribution in [2.24, 2.45) is 5.92 Å². The molecule has 28 heavy (non-hydrogen) atoms. The van der Waals surface area contributed by atoms with Crippen molar-refractivity contribution in [1.29, 1.82) is 0 Å². The Morgan fingerprint density at radius 2 is 2.18 bits per heavy atom. The van der Waals surface area contributed by atoms with E-state index >= 15 is 0 Å². The zero-order valence-electron chi connectivity index (χ0n) is 16.3. The van der Waals surface area contributed by atoms with Crippen LogP contribution in [0.5, 0.6) is 0 Å². The number of carbonyl (C=O) groups excluding carboxylic acids is 1. The summed E-state index contributed by atoms with van der Waals surface area (Å²) in [6.07, 6.45) is 5.48. The number of hydrogen-bond donors (Lipinski definition) is 1. The topological polar surface area (TPSA) is 83.9 Å². The first-order valence-corrected chi connectivity index (χ1v) is 9.78. The third-order valence-corrected chi connectivity index (χ3v) is 5.57. The first-order chi connectivity index (χ1) is 13.5. The Morgan fingerprint density at radius 1 is 1.36 bits per heavy atom. The van der Waals surface area contributed by atoms with Crippen molar-refractivity contribution >= 4 is 16.8 Å². The highest BCUT2D eigenvalue weighted by Crippen LogP contribution is 2.26. The maximum Gasteiger partial charge on any atom is 0.258 e. The molecule has 0 bridgehead atoms. The van der Waals surface area contributed by atoms with Crippen LogP contribution in [0.4, 0.5) is 0 Å². The van der Waals surface area contributed by atoms with Crippen molar-refractivity contribution in [1.82, 2.24) is 24.4 Å². The predicted octanol–water partition coefficient (Wildman–Crippen LogP) is 2.47. The third kappa shape index (κ3) is 3.56. The Morgan fingerprint density at radius 3 is 2.96 bits per heavy atom. The molecule has 0 saturated carbocycles. The van der Waals surface area contributed by atoms with Gasteiger partial charge in [-0.2, -0.15) is 0 Å². The number of aromatic nitrogens is 4. The SMILES string of the molecule is Cc1nccn1CC(C)C(=O)N1CCCC(c2nc3ccccc3c(=O)[nH]2)C1. The number of hydrogen-bond acceptors (Lipinski definition) is 4. The van der Waals surface area contributed by atoms with E-state index in [4.69, 9.17) is 0 Å². The molecule has 146 valence electrons. The van der Waals surface area contributed by atoms with Crippen molar-refractivity contribution < 1.29 is 4.79 Å². The van der Waals surface area contributed by atoms with Crippen LogP contribution >= 0.6 is 0 Å². The summed E-state index contributed by atoms with van der Waals surface area (Å²) in [4.78, 5) is 39.1. The van der Waals surface area contributed by atoms with Crippen molar-refractivity contribution in [2.75, 3.05) is 13.1 Å². The van der Waals surface area contributed by atoms with E-state index in [0.717, 1.165) is 25.2 Å². The molecule has 1 N–H and O–H groups in total. The lowest BCUT2D eigenvalue weighted by atomic mass is 9.95. The van der Waals surface area contributed by atoms with Crippen LogP contribution in [0.2, 0.25) is 0 Å². The highest BCUT2D eigenvalue weighted by molar-refractivity contribution is 5.79. The summed E-state index contributed by atoms with van der Waals surface area (Å²) in [6, 6.07) is 7.36. The zero-order valence-corrected chi connectivity index (χ0v) is 16.3. The van der Waals surface area contributed by atoms with E-state index in [-0.39, 0.29) is 23.3 Å². The molecule has 1 aliphatic heterocycles. The van der Waals surface area contributed by atoms with Gasteiger partial charge in [0.25, 0.3) is 5.56 Å². The second kappa shape index (κ2) is 7.58. The molecule has 0 radical (unpaired) electrons. The van der Waals surface area contributed by atoms with E-state index in [1.165, 1.54) is 0 Å². The first-order valence-electron chi connectivity index (χ1n) is 9.78. The summed E-state index contributed by atoms with van der Waals surface area (Å²) in [6.45, 7) is 5.86. The fourth-order valence-corrected chi connectivity index (χ4v) is 3.98. The molecular weight excluding hydrogens is 354 g/mol. The molecule has 2 unspecified atom stereocenters. The van der Waals surface area contributed by atoms with Crippen LogP contribution in [-0.2, 0) is 11.3 Å². The van der Waals surface area contributed by atoms with Crippen LogP contribution in [-0.4, -0.2) is 43.4 Å². The fourth-order valence-electron chi connectivity index (χ4n) is 3.98. The van der Waals surface area contributed by atoms with Gasteiger partial charge in [-0.3, -0.25) is 9.59 Å². The standard InChI is InChI=1S/C21H25N5O2/c1-14(12-25-11-9-22-15(25)2)21(28)26-10-5-6-16(13-26)19-23-18-8-4-3-7-17(18)20(27)24-19/h3-4,7-9,11,14,16H,5-6,10,12-13H2,1-2H3,(H,23,24,27). The molecule has 2 atom stereocenters. The molecule has 1 aromatic carbocycles. The maximum absolute atomic E-state index is 13.0. The summed E-state index contributed by atoms with van der Waals surface area (Å²) < 4.78 is 2.01. The van der Waals surface area contributed by atoms with Gasteiger partial charge in [-0.25, -0.2) is 9.97 Å². The first kappa shape index (κ1) is 18.4. The Bertz CT molecular complexity index is 1050. The molecule has 7 heteroatoms. The molecule has 7 nitrogen and oxygen atoms in total. The number of likely N-dealkylation sites (tertiary alicyclic amines) is 1. The predicted molar refractivity (Wildman–Crippen MR) is 107 cm³/mol. The summed E-state index contributed by atoms with van der Waals surface area (Å²) in [5.41, 5.74) is 0.585. The largest absolute Gasteiger partial charge is 0.342 e. The Hall–Kier alpha value is -2.96. The van der Waals surface area contributed by atoms with Gasteiger partial charge < -0.3 is 14.5 Å². The number of aryl methyl sites for hydroxylation is 1. The molecule has 1 saturated heterocycles. The van der Waals surface area contributed by atoms with Gasteiger partial charge in [0.2, 0.25) is 5.91 Å². The van der Waals surface area contributed by atoms with Crippen molar-refractivity contribution in [3.63, 3.8) is 0 Å². The number of piperidine rings is 1. The Kier molecular flexibility index (Phi) is 4.98. The monoisotopic (exact) mass is 379 g/mol. The number of nitrogens with zero attached hydrogens (tertiary/aromatic N) is 4. The summed E-state index contributed by atoms with van der Waals surface area (Å²) in [5.74, 6) is 1.65. The number of amides is 1. The summed E-state index contributed by atoms with van der Waals surface area (Å²) >= 11 is 0. The van der Waals surface area contributed by atoms with Gasteiger partial charge in [-0.1, -0.05) is 19.1 Å². The molecule has 3 aromatic rings. The fraction of sp³-hybridized carbons (Fsp3) is 0.429. The van der Waals surface area contributed by atoms with Gasteiger partial charge in [0, 0.05) is 37.9 Å². The van der Waals surface area contributed by atoms with Crippen molar-refractivity contribution in [3.05, 3.63) is 58.7 Å². The van der Waals surface area contributed by atoms with E-state index in [1.807, 2.05) is 47.7 Å². The minimum Gasteiger partial charge on any atom is -0.342 e. The van der Waals surface area contributed by atoms with E-state index < -0.39 is 0 Å². The molecule has 0 spiro atoms. The van der Waals surface area contributed by atoms with Gasteiger partial charge in [-0.05, 0) is 31.9 Å². The Balaban J connectivity index is 1.50. The average molecular weight is 379 g/mol. The van der Waals surface area contributed by atoms with Crippen LogP contribution < -0.4 is 5.56 Å². The van der Waals surface area contributed by atoms with E-state index in [2.05, 4.69) is 15.0 Å². The van der Waals surface area contributed by atoms with Crippen LogP contribution in [0.25, 0.3) is 10.9 Å². The van der Waals surface area contributed by atoms with Gasteiger partial charge in [0.15, 0.2) is 0 Å². The van der Waals surface area contributed by atoms with Gasteiger partial charge in [0.1, 0.15) is 11.6 Å². The number of carbonyl (C=O) groups is 1. The molecule has 0 aliphatic carbocycles. The molecule has 1 fully saturated rings.